The summed E-state index contributed by atoms with van der Waals surface area (Å²) in [5.41, 5.74) is 0.604. The van der Waals surface area contributed by atoms with Gasteiger partial charge in [-0.2, -0.15) is 0 Å². The van der Waals surface area contributed by atoms with E-state index >= 15 is 0 Å². The van der Waals surface area contributed by atoms with Crippen molar-refractivity contribution in [2.24, 2.45) is 0 Å². The van der Waals surface area contributed by atoms with Crippen LogP contribution in [0.3, 0.4) is 0 Å². The first-order valence-electron chi connectivity index (χ1n) is 12.1. The summed E-state index contributed by atoms with van der Waals surface area (Å²) in [6.45, 7) is 2.70. The van der Waals surface area contributed by atoms with E-state index in [1.807, 2.05) is 0 Å². The minimum atomic E-state index is -3.89. The first kappa shape index (κ1) is 30.2. The molecule has 2 rings (SSSR count). The molecule has 37 heavy (non-hydrogen) atoms. The van der Waals surface area contributed by atoms with E-state index in [4.69, 9.17) is 23.4 Å². The van der Waals surface area contributed by atoms with Crippen molar-refractivity contribution in [3.8, 4) is 0 Å². The van der Waals surface area contributed by atoms with Crippen LogP contribution < -0.4 is 0 Å². The first-order valence-corrected chi connectivity index (χ1v) is 13.8. The van der Waals surface area contributed by atoms with Gasteiger partial charge in [-0.05, 0) is 37.1 Å². The lowest BCUT2D eigenvalue weighted by Gasteiger charge is -2.22. The van der Waals surface area contributed by atoms with Crippen LogP contribution in [-0.4, -0.2) is 55.8 Å². The van der Waals surface area contributed by atoms with Crippen LogP contribution in [0, 0.1) is 0 Å². The highest BCUT2D eigenvalue weighted by Crippen LogP contribution is 2.48. The van der Waals surface area contributed by atoms with Crippen molar-refractivity contribution in [2.75, 3.05) is 32.9 Å². The Morgan fingerprint density at radius 1 is 0.784 bits per heavy atom. The molecule has 0 aliphatic heterocycles. The first-order chi connectivity index (χ1) is 17.8. The third-order valence-electron chi connectivity index (χ3n) is 5.04. The summed E-state index contributed by atoms with van der Waals surface area (Å²) in [4.78, 5) is 41.7. The van der Waals surface area contributed by atoms with Crippen molar-refractivity contribution in [3.05, 3.63) is 71.8 Å². The fourth-order valence-corrected chi connectivity index (χ4v) is 4.34. The van der Waals surface area contributed by atoms with E-state index in [2.05, 4.69) is 6.92 Å². The maximum Gasteiger partial charge on any atom is 0.340 e. The lowest BCUT2D eigenvalue weighted by molar-refractivity contribution is -0.184. The van der Waals surface area contributed by atoms with Gasteiger partial charge in [0.1, 0.15) is 0 Å². The van der Waals surface area contributed by atoms with Crippen LogP contribution >= 0.6 is 7.60 Å². The Morgan fingerprint density at radius 2 is 1.30 bits per heavy atom. The third kappa shape index (κ3) is 11.7. The van der Waals surface area contributed by atoms with Crippen LogP contribution in [0.25, 0.3) is 0 Å². The van der Waals surface area contributed by atoms with Crippen LogP contribution in [0.1, 0.15) is 60.2 Å². The fraction of sp³-hybridized carbons (Fsp3) is 0.423. The Hall–Kier alpha value is -3.04. The molecule has 0 atom stereocenters. The second kappa shape index (κ2) is 16.7. The molecule has 10 nitrogen and oxygen atoms in total. The van der Waals surface area contributed by atoms with Gasteiger partial charge in [0.25, 0.3) is 0 Å². The van der Waals surface area contributed by atoms with E-state index in [0.717, 1.165) is 19.3 Å². The van der Waals surface area contributed by atoms with E-state index in [0.29, 0.717) is 17.7 Å². The molecule has 2 aromatic rings. The Kier molecular flexibility index (Phi) is 13.6. The van der Waals surface area contributed by atoms with E-state index in [9.17, 15) is 18.9 Å². The van der Waals surface area contributed by atoms with E-state index in [-0.39, 0.29) is 25.0 Å². The molecule has 0 spiro atoms. The molecule has 0 saturated heterocycles. The van der Waals surface area contributed by atoms with E-state index in [1.165, 1.54) is 12.0 Å². The average Bonchev–Trinajstić information content (AvgIpc) is 2.90. The number of amides is 1. The number of rotatable bonds is 17. The lowest BCUT2D eigenvalue weighted by atomic mass is 10.2. The number of hydrogen-bond donors (Lipinski definition) is 0. The number of esters is 2. The van der Waals surface area contributed by atoms with E-state index in [1.54, 1.807) is 60.7 Å². The third-order valence-corrected chi connectivity index (χ3v) is 6.90. The molecule has 0 N–H and O–H groups in total. The molecular formula is C26H34NO9P. The maximum atomic E-state index is 13.3. The highest BCUT2D eigenvalue weighted by atomic mass is 31.2. The van der Waals surface area contributed by atoms with Crippen LogP contribution in [0.5, 0.6) is 0 Å². The van der Waals surface area contributed by atoms with Crippen molar-refractivity contribution in [2.45, 2.75) is 39.5 Å². The number of carbonyl (C=O) groups is 3. The van der Waals surface area contributed by atoms with Gasteiger partial charge in [-0.1, -0.05) is 56.2 Å². The topological polar surface area (TPSA) is 118 Å². The zero-order chi connectivity index (χ0) is 26.9. The minimum Gasteiger partial charge on any atom is -0.434 e. The van der Waals surface area contributed by atoms with Crippen LogP contribution in [0.2, 0.25) is 0 Å². The number of ether oxygens (including phenoxy) is 2. The Morgan fingerprint density at radius 3 is 1.76 bits per heavy atom. The predicted octanol–water partition coefficient (Wildman–Crippen LogP) is 5.20. The highest BCUT2D eigenvalue weighted by molar-refractivity contribution is 7.53. The smallest absolute Gasteiger partial charge is 0.340 e. The normalized spacial score (nSPS) is 11.1. The minimum absolute atomic E-state index is 0.138. The average molecular weight is 536 g/mol. The Bertz CT molecular complexity index is 956. The number of nitrogens with zero attached hydrogens (tertiary/aromatic N) is 1. The van der Waals surface area contributed by atoms with Crippen LogP contribution in [0.15, 0.2) is 60.7 Å². The zero-order valence-electron chi connectivity index (χ0n) is 21.2. The molecule has 0 heterocycles. The predicted molar refractivity (Wildman–Crippen MR) is 136 cm³/mol. The maximum absolute atomic E-state index is 13.3. The van der Waals surface area contributed by atoms with Crippen molar-refractivity contribution < 1.29 is 42.3 Å². The molecule has 0 saturated carbocycles. The number of hydrogen-bond acceptors (Lipinski definition) is 9. The molecule has 0 unspecified atom stereocenters. The summed E-state index contributed by atoms with van der Waals surface area (Å²) in [6.07, 6.45) is 2.87. The van der Waals surface area contributed by atoms with Gasteiger partial charge in [0.05, 0.1) is 23.9 Å². The summed E-state index contributed by atoms with van der Waals surface area (Å²) >= 11 is 0. The monoisotopic (exact) mass is 535 g/mol. The summed E-state index contributed by atoms with van der Waals surface area (Å²) in [6, 6.07) is 16.5. The molecule has 11 heteroatoms. The number of unbranched alkanes of at least 4 members (excludes halogenated alkanes) is 2. The van der Waals surface area contributed by atoms with Crippen molar-refractivity contribution >= 4 is 25.4 Å². The van der Waals surface area contributed by atoms with Crippen molar-refractivity contribution in [3.63, 3.8) is 0 Å². The molecule has 202 valence electrons. The molecule has 0 bridgehead atoms. The summed E-state index contributed by atoms with van der Waals surface area (Å²) in [5, 5.41) is 1.20. The second-order valence-electron chi connectivity index (χ2n) is 7.94. The quantitative estimate of drug-likeness (QED) is 0.0885. The Balaban J connectivity index is 1.92. The van der Waals surface area contributed by atoms with Gasteiger partial charge < -0.3 is 9.47 Å². The molecule has 2 aromatic carbocycles. The van der Waals surface area contributed by atoms with Gasteiger partial charge in [-0.3, -0.25) is 23.2 Å². The number of carbonyl (C=O) groups excluding carboxylic acids is 3. The van der Waals surface area contributed by atoms with Gasteiger partial charge in [0.2, 0.25) is 19.5 Å². The molecule has 0 aliphatic rings. The highest BCUT2D eigenvalue weighted by Gasteiger charge is 2.27. The molecular weight excluding hydrogens is 501 g/mol. The van der Waals surface area contributed by atoms with Gasteiger partial charge in [0.15, 0.2) is 0 Å². The lowest BCUT2D eigenvalue weighted by Crippen LogP contribution is -2.31. The van der Waals surface area contributed by atoms with Gasteiger partial charge in [-0.25, -0.2) is 14.7 Å². The molecule has 1 amide bonds. The molecule has 0 fully saturated rings. The summed E-state index contributed by atoms with van der Waals surface area (Å²) in [5.74, 6) is -1.61. The Labute approximate surface area is 217 Å². The number of hydroxylamine groups is 2. The number of benzene rings is 2. The van der Waals surface area contributed by atoms with Gasteiger partial charge >= 0.3 is 19.5 Å². The standard InChI is InChI=1S/C26H34NO9P/c1-3-4-11-18-34-27(22(2)28)17-12-19-37(31,35-20-32-25(29)23-13-7-5-8-14-23)36-21-33-26(30)24-15-9-6-10-16-24/h5-10,13-16H,3-4,11-12,17-21H2,1-2H3. The summed E-state index contributed by atoms with van der Waals surface area (Å²) < 4.78 is 34.1. The largest absolute Gasteiger partial charge is 0.434 e. The van der Waals surface area contributed by atoms with Crippen molar-refractivity contribution in [1.29, 1.82) is 0 Å². The van der Waals surface area contributed by atoms with Crippen LogP contribution in [0.4, 0.5) is 0 Å². The zero-order valence-corrected chi connectivity index (χ0v) is 22.1. The molecule has 0 aliphatic carbocycles. The summed E-state index contributed by atoms with van der Waals surface area (Å²) in [7, 11) is -3.89. The second-order valence-corrected chi connectivity index (χ2v) is 10.1. The fourth-order valence-electron chi connectivity index (χ4n) is 3.05. The van der Waals surface area contributed by atoms with E-state index < -0.39 is 33.1 Å². The van der Waals surface area contributed by atoms with Crippen molar-refractivity contribution in [1.82, 2.24) is 5.06 Å². The van der Waals surface area contributed by atoms with Crippen LogP contribution in [-0.2, 0) is 32.7 Å². The molecule has 0 aromatic heterocycles. The molecule has 0 radical (unpaired) electrons. The van der Waals surface area contributed by atoms with Gasteiger partial charge in [0, 0.05) is 13.5 Å². The van der Waals surface area contributed by atoms with Gasteiger partial charge in [-0.15, -0.1) is 0 Å². The SMILES string of the molecule is CCCCCON(CCCP(=O)(OCOC(=O)c1ccccc1)OCOC(=O)c1ccccc1)C(C)=O.